The number of carbonyl (C=O) groups excluding carboxylic acids is 2. The second-order valence-electron chi connectivity index (χ2n) is 10.8. The Kier molecular flexibility index (Phi) is 6.69. The molecule has 3 aliphatic rings. The van der Waals surface area contributed by atoms with Gasteiger partial charge in [-0.3, -0.25) is 9.59 Å². The van der Waals surface area contributed by atoms with Crippen LogP contribution in [0.5, 0.6) is 0 Å². The van der Waals surface area contributed by atoms with Crippen LogP contribution in [0.4, 0.5) is 0 Å². The van der Waals surface area contributed by atoms with Crippen LogP contribution in [0.1, 0.15) is 58.4 Å². The van der Waals surface area contributed by atoms with Gasteiger partial charge in [-0.2, -0.15) is 0 Å². The second-order valence-corrected chi connectivity index (χ2v) is 11.2. The summed E-state index contributed by atoms with van der Waals surface area (Å²) in [6.07, 6.45) is 7.39. The number of halogens is 1. The molecule has 0 radical (unpaired) electrons. The maximum Gasteiger partial charge on any atom is 0.251 e. The first-order valence-electron chi connectivity index (χ1n) is 13.3. The fourth-order valence-electron chi connectivity index (χ4n) is 5.82. The van der Waals surface area contributed by atoms with Gasteiger partial charge >= 0.3 is 0 Å². The number of aromatic nitrogens is 1. The highest BCUT2D eigenvalue weighted by Gasteiger charge is 2.45. The van der Waals surface area contributed by atoms with Crippen molar-refractivity contribution in [3.8, 4) is 0 Å². The van der Waals surface area contributed by atoms with Gasteiger partial charge in [-0.1, -0.05) is 29.8 Å². The predicted molar refractivity (Wildman–Crippen MR) is 144 cm³/mol. The molecule has 0 spiro atoms. The fraction of sp³-hybridized carbons (Fsp3) is 0.448. The summed E-state index contributed by atoms with van der Waals surface area (Å²) in [5.74, 6) is -0.330. The van der Waals surface area contributed by atoms with E-state index in [4.69, 9.17) is 16.3 Å². The molecule has 3 N–H and O–H groups in total. The SMILES string of the molecule is O=C(NC1CCOCC1NC(=O)c1ccc(C2(CN3CCCC3)CC2)cc1)c1ccc2c(Cl)c[nH]c2c1. The van der Waals surface area contributed by atoms with Gasteiger partial charge in [0.15, 0.2) is 0 Å². The van der Waals surface area contributed by atoms with Crippen molar-refractivity contribution in [3.63, 3.8) is 0 Å². The van der Waals surface area contributed by atoms with Crippen molar-refractivity contribution in [2.24, 2.45) is 0 Å². The molecule has 1 aromatic heterocycles. The van der Waals surface area contributed by atoms with Crippen LogP contribution in [0.15, 0.2) is 48.7 Å². The number of hydrogen-bond acceptors (Lipinski definition) is 4. The van der Waals surface area contributed by atoms with Crippen LogP contribution in [0.2, 0.25) is 5.02 Å². The van der Waals surface area contributed by atoms with Gasteiger partial charge in [0.2, 0.25) is 0 Å². The van der Waals surface area contributed by atoms with Gasteiger partial charge in [0.25, 0.3) is 11.8 Å². The number of amides is 2. The summed E-state index contributed by atoms with van der Waals surface area (Å²) in [5, 5.41) is 7.70. The third kappa shape index (κ3) is 5.13. The normalized spacial score (nSPS) is 23.2. The van der Waals surface area contributed by atoms with E-state index in [1.807, 2.05) is 18.2 Å². The van der Waals surface area contributed by atoms with E-state index in [2.05, 4.69) is 32.7 Å². The van der Waals surface area contributed by atoms with Crippen LogP contribution in [0.25, 0.3) is 10.9 Å². The van der Waals surface area contributed by atoms with Crippen LogP contribution in [0, 0.1) is 0 Å². The van der Waals surface area contributed by atoms with E-state index in [0.717, 1.165) is 17.4 Å². The average Bonchev–Trinajstić information content (AvgIpc) is 3.33. The third-order valence-electron chi connectivity index (χ3n) is 8.22. The second kappa shape index (κ2) is 10.1. The average molecular weight is 521 g/mol. The first-order valence-corrected chi connectivity index (χ1v) is 13.7. The van der Waals surface area contributed by atoms with Gasteiger partial charge in [-0.25, -0.2) is 0 Å². The molecular formula is C29H33ClN4O3. The Morgan fingerprint density at radius 3 is 2.46 bits per heavy atom. The Bertz CT molecular complexity index is 1290. The Morgan fingerprint density at radius 1 is 1.00 bits per heavy atom. The van der Waals surface area contributed by atoms with E-state index in [-0.39, 0.29) is 29.3 Å². The van der Waals surface area contributed by atoms with E-state index in [0.29, 0.717) is 35.8 Å². The lowest BCUT2D eigenvalue weighted by Gasteiger charge is -2.32. The molecule has 2 unspecified atom stereocenters. The van der Waals surface area contributed by atoms with E-state index in [9.17, 15) is 9.59 Å². The molecular weight excluding hydrogens is 488 g/mol. The van der Waals surface area contributed by atoms with Gasteiger partial charge in [0.1, 0.15) is 0 Å². The van der Waals surface area contributed by atoms with Gasteiger partial charge < -0.3 is 25.3 Å². The van der Waals surface area contributed by atoms with Crippen LogP contribution in [-0.4, -0.2) is 66.6 Å². The number of H-pyrrole nitrogens is 1. The predicted octanol–water partition coefficient (Wildman–Crippen LogP) is 4.27. The van der Waals surface area contributed by atoms with E-state index < -0.39 is 0 Å². The smallest absolute Gasteiger partial charge is 0.251 e. The molecule has 1 aliphatic carbocycles. The Morgan fingerprint density at radius 2 is 1.70 bits per heavy atom. The summed E-state index contributed by atoms with van der Waals surface area (Å²) in [7, 11) is 0. The summed E-state index contributed by atoms with van der Waals surface area (Å²) in [5.41, 5.74) is 3.58. The standard InChI is InChI=1S/C29H33ClN4O3/c30-23-16-31-25-15-20(5-8-22(23)25)28(36)32-24-9-14-37-17-26(24)33-27(35)19-3-6-21(7-4-19)29(10-11-29)18-34-12-1-2-13-34/h3-8,15-16,24,26,31H,1-2,9-14,17-18H2,(H,32,36)(H,33,35). The van der Waals surface area contributed by atoms with Crippen molar-refractivity contribution >= 4 is 34.3 Å². The maximum atomic E-state index is 13.1. The number of likely N-dealkylation sites (tertiary alicyclic amines) is 1. The quantitative estimate of drug-likeness (QED) is 0.434. The van der Waals surface area contributed by atoms with E-state index in [1.165, 1.54) is 44.3 Å². The largest absolute Gasteiger partial charge is 0.379 e. The number of ether oxygens (including phenoxy) is 1. The number of nitrogens with one attached hydrogen (secondary N) is 3. The van der Waals surface area contributed by atoms with Crippen molar-refractivity contribution < 1.29 is 14.3 Å². The molecule has 2 saturated heterocycles. The number of hydrogen-bond donors (Lipinski definition) is 3. The molecule has 8 heteroatoms. The van der Waals surface area contributed by atoms with Gasteiger partial charge in [-0.05, 0) is 75.0 Å². The van der Waals surface area contributed by atoms with Crippen LogP contribution >= 0.6 is 11.6 Å². The minimum Gasteiger partial charge on any atom is -0.379 e. The summed E-state index contributed by atoms with van der Waals surface area (Å²) in [6, 6.07) is 13.0. The molecule has 2 aromatic carbocycles. The molecule has 7 nitrogen and oxygen atoms in total. The number of benzene rings is 2. The molecule has 2 atom stereocenters. The zero-order chi connectivity index (χ0) is 25.4. The highest BCUT2D eigenvalue weighted by atomic mass is 35.5. The molecule has 1 saturated carbocycles. The Hall–Kier alpha value is -2.87. The van der Waals surface area contributed by atoms with E-state index >= 15 is 0 Å². The van der Waals surface area contributed by atoms with Gasteiger partial charge in [0.05, 0.1) is 23.7 Å². The van der Waals surface area contributed by atoms with Crippen LogP contribution in [0.3, 0.4) is 0 Å². The number of nitrogens with zero attached hydrogens (tertiary/aromatic N) is 1. The topological polar surface area (TPSA) is 86.5 Å². The highest BCUT2D eigenvalue weighted by Crippen LogP contribution is 2.49. The summed E-state index contributed by atoms with van der Waals surface area (Å²) < 4.78 is 5.64. The van der Waals surface area contributed by atoms with Gasteiger partial charge in [0, 0.05) is 46.8 Å². The summed E-state index contributed by atoms with van der Waals surface area (Å²) in [6.45, 7) is 4.44. The molecule has 3 aromatic rings. The van der Waals surface area contributed by atoms with Crippen molar-refractivity contribution in [1.29, 1.82) is 0 Å². The molecule has 37 heavy (non-hydrogen) atoms. The summed E-state index contributed by atoms with van der Waals surface area (Å²) >= 11 is 6.16. The Labute approximate surface area is 221 Å². The van der Waals surface area contributed by atoms with Crippen molar-refractivity contribution in [2.45, 2.75) is 49.6 Å². The zero-order valence-electron chi connectivity index (χ0n) is 20.9. The molecule has 6 rings (SSSR count). The fourth-order valence-corrected chi connectivity index (χ4v) is 6.04. The highest BCUT2D eigenvalue weighted by molar-refractivity contribution is 6.35. The summed E-state index contributed by atoms with van der Waals surface area (Å²) in [4.78, 5) is 31.8. The minimum absolute atomic E-state index is 0.145. The molecule has 2 aliphatic heterocycles. The number of aromatic amines is 1. The lowest BCUT2D eigenvalue weighted by atomic mass is 9.94. The van der Waals surface area contributed by atoms with Gasteiger partial charge in [-0.15, -0.1) is 0 Å². The van der Waals surface area contributed by atoms with Crippen molar-refractivity contribution in [2.75, 3.05) is 32.8 Å². The molecule has 3 heterocycles. The van der Waals surface area contributed by atoms with Crippen molar-refractivity contribution in [1.82, 2.24) is 20.5 Å². The monoisotopic (exact) mass is 520 g/mol. The van der Waals surface area contributed by atoms with E-state index in [1.54, 1.807) is 18.3 Å². The number of carbonyl (C=O) groups is 2. The maximum absolute atomic E-state index is 13.1. The lowest BCUT2D eigenvalue weighted by molar-refractivity contribution is 0.0436. The molecule has 0 bridgehead atoms. The van der Waals surface area contributed by atoms with Crippen LogP contribution < -0.4 is 10.6 Å². The van der Waals surface area contributed by atoms with Crippen molar-refractivity contribution in [3.05, 3.63) is 70.4 Å². The number of rotatable bonds is 7. The Balaban J connectivity index is 1.09. The molecule has 2 amide bonds. The lowest BCUT2D eigenvalue weighted by Crippen LogP contribution is -2.56. The minimum atomic E-state index is -0.307. The zero-order valence-corrected chi connectivity index (χ0v) is 21.7. The first-order chi connectivity index (χ1) is 18.0. The third-order valence-corrected chi connectivity index (χ3v) is 8.53. The first kappa shape index (κ1) is 24.5. The number of fused-ring (bicyclic) bond motifs is 1. The van der Waals surface area contributed by atoms with Crippen LogP contribution in [-0.2, 0) is 10.2 Å². The molecule has 194 valence electrons. The molecule has 3 fully saturated rings.